The van der Waals surface area contributed by atoms with Crippen LogP contribution < -0.4 is 5.73 Å². The lowest BCUT2D eigenvalue weighted by molar-refractivity contribution is -0.00606. The van der Waals surface area contributed by atoms with E-state index in [1.54, 1.807) is 0 Å². The molecule has 1 aromatic rings. The van der Waals surface area contributed by atoms with Crippen molar-refractivity contribution in [2.24, 2.45) is 0 Å². The average Bonchev–Trinajstić information content (AvgIpc) is 2.39. The minimum Gasteiger partial charge on any atom is -0.465 e. The van der Waals surface area contributed by atoms with Crippen molar-refractivity contribution in [1.82, 2.24) is 4.98 Å². The fraction of sp³-hybridized carbons (Fsp3) is 0.385. The molecule has 102 valence electrons. The topological polar surface area (TPSA) is 65.2 Å². The van der Waals surface area contributed by atoms with Gasteiger partial charge in [0, 0.05) is 12.8 Å². The second kappa shape index (κ2) is 4.95. The molecule has 2 rings (SSSR count). The van der Waals surface area contributed by atoms with Gasteiger partial charge in [0.2, 0.25) is 0 Å². The van der Waals surface area contributed by atoms with Crippen LogP contribution in [0, 0.1) is 0 Å². The molecule has 0 saturated heterocycles. The lowest BCUT2D eigenvalue weighted by Crippen LogP contribution is -2.18. The maximum atomic E-state index is 13.1. The molecule has 0 amide bonds. The molecule has 0 spiro atoms. The Morgan fingerprint density at radius 3 is 2.84 bits per heavy atom. The van der Waals surface area contributed by atoms with Crippen LogP contribution >= 0.6 is 0 Å². The number of methoxy groups -OCH3 is 1. The largest absolute Gasteiger partial charge is 0.465 e. The van der Waals surface area contributed by atoms with Crippen molar-refractivity contribution in [2.75, 3.05) is 12.8 Å². The third kappa shape index (κ3) is 2.89. The molecule has 0 bridgehead atoms. The van der Waals surface area contributed by atoms with Gasteiger partial charge in [-0.15, -0.1) is 0 Å². The molecule has 0 aromatic carbocycles. The minimum absolute atomic E-state index is 0.200. The zero-order chi connectivity index (χ0) is 14.0. The first-order valence-electron chi connectivity index (χ1n) is 5.84. The number of hydrogen-bond donors (Lipinski definition) is 1. The number of ether oxygens (including phenoxy) is 1. The van der Waals surface area contributed by atoms with Gasteiger partial charge in [-0.2, -0.15) is 0 Å². The van der Waals surface area contributed by atoms with Crippen molar-refractivity contribution < 1.29 is 18.3 Å². The summed E-state index contributed by atoms with van der Waals surface area (Å²) in [5.74, 6) is -3.22. The number of rotatable bonds is 2. The molecular weight excluding hydrogens is 254 g/mol. The van der Waals surface area contributed by atoms with E-state index in [9.17, 15) is 13.6 Å². The van der Waals surface area contributed by atoms with Crippen LogP contribution in [0.2, 0.25) is 0 Å². The monoisotopic (exact) mass is 268 g/mol. The first-order chi connectivity index (χ1) is 8.93. The van der Waals surface area contributed by atoms with Crippen LogP contribution in [0.3, 0.4) is 0 Å². The molecule has 0 radical (unpaired) electrons. The van der Waals surface area contributed by atoms with Crippen molar-refractivity contribution >= 4 is 17.2 Å². The van der Waals surface area contributed by atoms with Crippen molar-refractivity contribution in [3.05, 3.63) is 29.6 Å². The van der Waals surface area contributed by atoms with Gasteiger partial charge in [-0.3, -0.25) is 4.98 Å². The number of aromatic nitrogens is 1. The highest BCUT2D eigenvalue weighted by atomic mass is 19.3. The Bertz CT molecular complexity index is 541. The summed E-state index contributed by atoms with van der Waals surface area (Å²) in [6.45, 7) is 0. The molecule has 0 unspecified atom stereocenters. The summed E-state index contributed by atoms with van der Waals surface area (Å²) < 4.78 is 30.7. The van der Waals surface area contributed by atoms with Crippen LogP contribution in [0.4, 0.5) is 14.5 Å². The van der Waals surface area contributed by atoms with Crippen molar-refractivity contribution in [2.45, 2.75) is 25.2 Å². The van der Waals surface area contributed by atoms with Crippen LogP contribution in [-0.2, 0) is 4.74 Å². The number of alkyl halides is 2. The molecule has 0 atom stereocenters. The number of carbonyl (C=O) groups is 1. The molecule has 0 saturated carbocycles. The lowest BCUT2D eigenvalue weighted by atomic mass is 9.93. The van der Waals surface area contributed by atoms with E-state index in [0.29, 0.717) is 11.3 Å². The fourth-order valence-corrected chi connectivity index (χ4v) is 1.96. The van der Waals surface area contributed by atoms with Gasteiger partial charge in [0.15, 0.2) is 0 Å². The zero-order valence-corrected chi connectivity index (χ0v) is 10.5. The van der Waals surface area contributed by atoms with Crippen molar-refractivity contribution in [3.63, 3.8) is 0 Å². The molecule has 1 aliphatic rings. The van der Waals surface area contributed by atoms with Crippen LogP contribution in [0.1, 0.15) is 35.3 Å². The number of halogens is 2. The summed E-state index contributed by atoms with van der Waals surface area (Å²) in [6, 6.07) is 1.48. The van der Waals surface area contributed by atoms with Gasteiger partial charge in [0.1, 0.15) is 0 Å². The Morgan fingerprint density at radius 2 is 2.26 bits per heavy atom. The van der Waals surface area contributed by atoms with Crippen LogP contribution in [-0.4, -0.2) is 24.0 Å². The Balaban J connectivity index is 2.32. The quantitative estimate of drug-likeness (QED) is 0.837. The van der Waals surface area contributed by atoms with Crippen molar-refractivity contribution in [3.8, 4) is 0 Å². The van der Waals surface area contributed by atoms with E-state index >= 15 is 0 Å². The third-order valence-electron chi connectivity index (χ3n) is 3.08. The zero-order valence-electron chi connectivity index (χ0n) is 10.5. The number of esters is 1. The van der Waals surface area contributed by atoms with E-state index in [1.807, 2.05) is 0 Å². The molecule has 2 N–H and O–H groups in total. The number of nitrogen functional groups attached to an aromatic ring is 1. The summed E-state index contributed by atoms with van der Waals surface area (Å²) in [6.07, 6.45) is 2.52. The van der Waals surface area contributed by atoms with Gasteiger partial charge in [0.05, 0.1) is 30.3 Å². The summed E-state index contributed by atoms with van der Waals surface area (Å²) in [7, 11) is 1.25. The second-order valence-electron chi connectivity index (χ2n) is 4.44. The molecule has 0 fully saturated rings. The lowest BCUT2D eigenvalue weighted by Gasteiger charge is -2.21. The van der Waals surface area contributed by atoms with E-state index in [-0.39, 0.29) is 30.5 Å². The third-order valence-corrected chi connectivity index (χ3v) is 3.08. The van der Waals surface area contributed by atoms with E-state index in [4.69, 9.17) is 5.73 Å². The van der Waals surface area contributed by atoms with E-state index in [2.05, 4.69) is 9.72 Å². The number of anilines is 1. The number of hydrogen-bond acceptors (Lipinski definition) is 4. The number of carbonyl (C=O) groups excluding carboxylic acids is 1. The summed E-state index contributed by atoms with van der Waals surface area (Å²) in [4.78, 5) is 15.6. The Hall–Kier alpha value is -1.98. The Morgan fingerprint density at radius 1 is 1.53 bits per heavy atom. The predicted molar refractivity (Wildman–Crippen MR) is 66.8 cm³/mol. The van der Waals surface area contributed by atoms with Gasteiger partial charge in [-0.1, -0.05) is 6.08 Å². The molecule has 1 heterocycles. The Kier molecular flexibility index (Phi) is 3.50. The van der Waals surface area contributed by atoms with Gasteiger partial charge in [-0.25, -0.2) is 13.6 Å². The van der Waals surface area contributed by atoms with Crippen LogP contribution in [0.15, 0.2) is 18.3 Å². The smallest absolute Gasteiger partial charge is 0.340 e. The summed E-state index contributed by atoms with van der Waals surface area (Å²) >= 11 is 0. The molecule has 1 aliphatic carbocycles. The highest BCUT2D eigenvalue weighted by Crippen LogP contribution is 2.36. The number of allylic oxidation sites excluding steroid dienone is 2. The number of nitrogens with two attached hydrogens (primary N) is 1. The van der Waals surface area contributed by atoms with Gasteiger partial charge in [0.25, 0.3) is 5.92 Å². The van der Waals surface area contributed by atoms with Crippen LogP contribution in [0.25, 0.3) is 5.57 Å². The van der Waals surface area contributed by atoms with E-state index < -0.39 is 11.9 Å². The van der Waals surface area contributed by atoms with Crippen LogP contribution in [0.5, 0.6) is 0 Å². The van der Waals surface area contributed by atoms with E-state index in [0.717, 1.165) is 0 Å². The highest BCUT2D eigenvalue weighted by Gasteiger charge is 2.31. The summed E-state index contributed by atoms with van der Waals surface area (Å²) in [5.41, 5.74) is 7.24. The molecule has 19 heavy (non-hydrogen) atoms. The fourth-order valence-electron chi connectivity index (χ4n) is 1.96. The highest BCUT2D eigenvalue weighted by molar-refractivity contribution is 5.95. The van der Waals surface area contributed by atoms with E-state index in [1.165, 1.54) is 25.4 Å². The Labute approximate surface area is 109 Å². The van der Waals surface area contributed by atoms with Gasteiger partial charge >= 0.3 is 5.97 Å². The number of nitrogens with zero attached hydrogens (tertiary/aromatic N) is 1. The minimum atomic E-state index is -2.65. The standard InChI is InChI=1S/C13H14F2N2O2/c1-19-12(18)9-6-11(17-7-10(9)16)8-2-4-13(14,15)5-3-8/h2,6-7H,3-5,16H2,1H3. The SMILES string of the molecule is COC(=O)c1cc(C2=CCC(F)(F)CC2)ncc1N. The predicted octanol–water partition coefficient (Wildman–Crippen LogP) is 2.65. The second-order valence-corrected chi connectivity index (χ2v) is 4.44. The molecular formula is C13H14F2N2O2. The maximum absolute atomic E-state index is 13.1. The molecule has 1 aromatic heterocycles. The number of pyridine rings is 1. The molecule has 0 aliphatic heterocycles. The normalized spacial score (nSPS) is 17.7. The summed E-state index contributed by atoms with van der Waals surface area (Å²) in [5, 5.41) is 0. The first-order valence-corrected chi connectivity index (χ1v) is 5.84. The molecule has 6 heteroatoms. The van der Waals surface area contributed by atoms with Crippen molar-refractivity contribution in [1.29, 1.82) is 0 Å². The molecule has 4 nitrogen and oxygen atoms in total. The van der Waals surface area contributed by atoms with Gasteiger partial charge in [-0.05, 0) is 18.1 Å². The first kappa shape index (κ1) is 13.5. The van der Waals surface area contributed by atoms with Gasteiger partial charge < -0.3 is 10.5 Å². The average molecular weight is 268 g/mol. The maximum Gasteiger partial charge on any atom is 0.340 e.